The van der Waals surface area contributed by atoms with Gasteiger partial charge in [0.25, 0.3) is 0 Å². The molecule has 0 unspecified atom stereocenters. The first-order valence-electron chi connectivity index (χ1n) is 8.27. The third-order valence-corrected chi connectivity index (χ3v) is 4.47. The number of carbonyl (C=O) groups is 2. The van der Waals surface area contributed by atoms with Crippen LogP contribution in [0, 0.1) is 0 Å². The van der Waals surface area contributed by atoms with E-state index in [1.54, 1.807) is 24.3 Å². The maximum absolute atomic E-state index is 11.8. The molecule has 4 nitrogen and oxygen atoms in total. The third kappa shape index (κ3) is 4.18. The highest BCUT2D eigenvalue weighted by molar-refractivity contribution is 6.32. The lowest BCUT2D eigenvalue weighted by Crippen LogP contribution is -2.06. The fourth-order valence-electron chi connectivity index (χ4n) is 2.80. The zero-order valence-corrected chi connectivity index (χ0v) is 15.4. The van der Waals surface area contributed by atoms with Gasteiger partial charge in [-0.05, 0) is 28.5 Å². The summed E-state index contributed by atoms with van der Waals surface area (Å²) in [4.78, 5) is 23.4. The molecular weight excluding hydrogens is 364 g/mol. The summed E-state index contributed by atoms with van der Waals surface area (Å²) in [5.74, 6) is -0.0749. The molecule has 5 heteroatoms. The van der Waals surface area contributed by atoms with E-state index in [0.29, 0.717) is 27.5 Å². The highest BCUT2D eigenvalue weighted by Gasteiger charge is 2.13. The van der Waals surface area contributed by atoms with Crippen LogP contribution in [0.3, 0.4) is 0 Å². The Morgan fingerprint density at radius 3 is 2.52 bits per heavy atom. The molecule has 0 saturated carbocycles. The van der Waals surface area contributed by atoms with Crippen molar-refractivity contribution in [2.45, 2.75) is 0 Å². The molecule has 0 aliphatic heterocycles. The molecule has 0 spiro atoms. The van der Waals surface area contributed by atoms with E-state index >= 15 is 0 Å². The predicted octanol–water partition coefficient (Wildman–Crippen LogP) is 4.94. The average molecular weight is 381 g/mol. The Hall–Kier alpha value is -3.11. The fourth-order valence-corrected chi connectivity index (χ4v) is 3.06. The van der Waals surface area contributed by atoms with E-state index in [4.69, 9.17) is 21.1 Å². The smallest absolute Gasteiger partial charge is 0.330 e. The minimum Gasteiger partial charge on any atom is -0.488 e. The van der Waals surface area contributed by atoms with Crippen molar-refractivity contribution in [2.24, 2.45) is 0 Å². The standard InChI is InChI=1S/C22H17ClO4/c1-26-22(25)12-16(18-8-4-5-9-20(18)23)14-27-21-11-10-15-6-2-3-7-17(15)19(21)13-24/h2-13H,14H2,1H3/b16-12+. The number of halogens is 1. The first-order chi connectivity index (χ1) is 13.1. The van der Waals surface area contributed by atoms with Crippen LogP contribution in [0.4, 0.5) is 0 Å². The number of ether oxygens (including phenoxy) is 2. The van der Waals surface area contributed by atoms with Crippen molar-refractivity contribution in [2.75, 3.05) is 13.7 Å². The molecule has 0 amide bonds. The molecule has 0 heterocycles. The molecule has 0 radical (unpaired) electrons. The molecule has 0 atom stereocenters. The minimum absolute atomic E-state index is 0.0536. The van der Waals surface area contributed by atoms with Crippen LogP contribution in [-0.2, 0) is 9.53 Å². The van der Waals surface area contributed by atoms with Crippen LogP contribution in [0.5, 0.6) is 5.75 Å². The maximum atomic E-state index is 11.8. The molecule has 0 aliphatic rings. The third-order valence-electron chi connectivity index (χ3n) is 4.14. The molecule has 0 aliphatic carbocycles. The van der Waals surface area contributed by atoms with Crippen LogP contribution in [-0.4, -0.2) is 26.0 Å². The molecule has 3 aromatic rings. The van der Waals surface area contributed by atoms with E-state index in [-0.39, 0.29) is 6.61 Å². The average Bonchev–Trinajstić information content (AvgIpc) is 2.70. The predicted molar refractivity (Wildman–Crippen MR) is 106 cm³/mol. The number of carbonyl (C=O) groups excluding carboxylic acids is 2. The Kier molecular flexibility index (Phi) is 5.89. The largest absolute Gasteiger partial charge is 0.488 e. The van der Waals surface area contributed by atoms with Crippen molar-refractivity contribution in [1.82, 2.24) is 0 Å². The van der Waals surface area contributed by atoms with Gasteiger partial charge >= 0.3 is 5.97 Å². The molecule has 0 bridgehead atoms. The second-order valence-electron chi connectivity index (χ2n) is 5.78. The molecule has 0 fully saturated rings. The summed E-state index contributed by atoms with van der Waals surface area (Å²) in [5.41, 5.74) is 1.68. The summed E-state index contributed by atoms with van der Waals surface area (Å²) in [5, 5.41) is 2.25. The number of rotatable bonds is 6. The molecule has 0 aromatic heterocycles. The monoisotopic (exact) mass is 380 g/mol. The van der Waals surface area contributed by atoms with E-state index in [1.165, 1.54) is 13.2 Å². The van der Waals surface area contributed by atoms with Gasteiger partial charge in [-0.1, -0.05) is 60.1 Å². The summed E-state index contributed by atoms with van der Waals surface area (Å²) in [6.07, 6.45) is 2.11. The molecular formula is C22H17ClO4. The summed E-state index contributed by atoms with van der Waals surface area (Å²) in [6.45, 7) is 0.0536. The van der Waals surface area contributed by atoms with E-state index in [9.17, 15) is 9.59 Å². The number of esters is 1. The van der Waals surface area contributed by atoms with Crippen LogP contribution in [0.1, 0.15) is 15.9 Å². The van der Waals surface area contributed by atoms with Crippen LogP contribution < -0.4 is 4.74 Å². The van der Waals surface area contributed by atoms with Gasteiger partial charge in [-0.15, -0.1) is 0 Å². The lowest BCUT2D eigenvalue weighted by Gasteiger charge is -2.14. The Morgan fingerprint density at radius 1 is 1.04 bits per heavy atom. The normalized spacial score (nSPS) is 11.3. The first-order valence-corrected chi connectivity index (χ1v) is 8.65. The van der Waals surface area contributed by atoms with Gasteiger partial charge in [-0.3, -0.25) is 4.79 Å². The zero-order chi connectivity index (χ0) is 19.2. The summed E-state index contributed by atoms with van der Waals surface area (Å²) in [6, 6.07) is 18.3. The first kappa shape index (κ1) is 18.7. The van der Waals surface area contributed by atoms with E-state index in [1.807, 2.05) is 36.4 Å². The second kappa shape index (κ2) is 8.52. The summed E-state index contributed by atoms with van der Waals surface area (Å²) < 4.78 is 10.6. The van der Waals surface area contributed by atoms with Crippen LogP contribution in [0.2, 0.25) is 5.02 Å². The second-order valence-corrected chi connectivity index (χ2v) is 6.18. The van der Waals surface area contributed by atoms with Crippen LogP contribution >= 0.6 is 11.6 Å². The Labute approximate surface area is 162 Å². The maximum Gasteiger partial charge on any atom is 0.330 e. The van der Waals surface area contributed by atoms with Gasteiger partial charge < -0.3 is 9.47 Å². The highest BCUT2D eigenvalue weighted by atomic mass is 35.5. The number of hydrogen-bond donors (Lipinski definition) is 0. The highest BCUT2D eigenvalue weighted by Crippen LogP contribution is 2.29. The Morgan fingerprint density at radius 2 is 1.78 bits per heavy atom. The minimum atomic E-state index is -0.511. The van der Waals surface area contributed by atoms with Crippen LogP contribution in [0.25, 0.3) is 16.3 Å². The van der Waals surface area contributed by atoms with Gasteiger partial charge in [0.1, 0.15) is 12.4 Å². The van der Waals surface area contributed by atoms with E-state index in [0.717, 1.165) is 17.1 Å². The fraction of sp³-hybridized carbons (Fsp3) is 0.0909. The van der Waals surface area contributed by atoms with Crippen molar-refractivity contribution in [3.63, 3.8) is 0 Å². The van der Waals surface area contributed by atoms with Crippen molar-refractivity contribution in [3.8, 4) is 5.75 Å². The lowest BCUT2D eigenvalue weighted by molar-refractivity contribution is -0.134. The molecule has 0 saturated heterocycles. The van der Waals surface area contributed by atoms with Crippen molar-refractivity contribution in [1.29, 1.82) is 0 Å². The van der Waals surface area contributed by atoms with Gasteiger partial charge in [0.05, 0.1) is 12.7 Å². The Bertz CT molecular complexity index is 1020. The lowest BCUT2D eigenvalue weighted by atomic mass is 10.0. The van der Waals surface area contributed by atoms with E-state index in [2.05, 4.69) is 0 Å². The molecule has 3 aromatic carbocycles. The van der Waals surface area contributed by atoms with Gasteiger partial charge in [-0.2, -0.15) is 0 Å². The quantitative estimate of drug-likeness (QED) is 0.345. The Balaban J connectivity index is 1.96. The molecule has 27 heavy (non-hydrogen) atoms. The van der Waals surface area contributed by atoms with Crippen LogP contribution in [0.15, 0.2) is 66.7 Å². The summed E-state index contributed by atoms with van der Waals surface area (Å²) in [7, 11) is 1.30. The summed E-state index contributed by atoms with van der Waals surface area (Å²) >= 11 is 6.26. The molecule has 136 valence electrons. The van der Waals surface area contributed by atoms with Crippen molar-refractivity contribution in [3.05, 3.63) is 82.9 Å². The molecule has 0 N–H and O–H groups in total. The van der Waals surface area contributed by atoms with Crippen molar-refractivity contribution >= 4 is 40.2 Å². The number of methoxy groups -OCH3 is 1. The number of aldehydes is 1. The molecule has 3 rings (SSSR count). The van der Waals surface area contributed by atoms with E-state index < -0.39 is 5.97 Å². The topological polar surface area (TPSA) is 52.6 Å². The number of hydrogen-bond acceptors (Lipinski definition) is 4. The van der Waals surface area contributed by atoms with Gasteiger partial charge in [-0.25, -0.2) is 4.79 Å². The number of benzene rings is 3. The van der Waals surface area contributed by atoms with Gasteiger partial charge in [0, 0.05) is 16.7 Å². The van der Waals surface area contributed by atoms with Gasteiger partial charge in [0.15, 0.2) is 6.29 Å². The SMILES string of the molecule is COC(=O)/C=C(\COc1ccc2ccccc2c1C=O)c1ccccc1Cl. The van der Waals surface area contributed by atoms with Gasteiger partial charge in [0.2, 0.25) is 0 Å². The number of fused-ring (bicyclic) bond motifs is 1. The zero-order valence-electron chi connectivity index (χ0n) is 14.6. The van der Waals surface area contributed by atoms with Crippen molar-refractivity contribution < 1.29 is 19.1 Å².